The Labute approximate surface area is 200 Å². The molecule has 1 aliphatic heterocycles. The molecule has 186 valence electrons. The van der Waals surface area contributed by atoms with Crippen LogP contribution in [-0.2, 0) is 19.1 Å². The zero-order chi connectivity index (χ0) is 24.9. The van der Waals surface area contributed by atoms with Gasteiger partial charge in [-0.15, -0.1) is 0 Å². The Kier molecular flexibility index (Phi) is 7.60. The number of ether oxygens (including phenoxy) is 2. The van der Waals surface area contributed by atoms with Gasteiger partial charge < -0.3 is 24.8 Å². The highest BCUT2D eigenvalue weighted by molar-refractivity contribution is 5.87. The number of hydrogen-bond donors (Lipinski definition) is 2. The maximum absolute atomic E-state index is 12.8. The van der Waals surface area contributed by atoms with E-state index in [0.29, 0.717) is 0 Å². The average Bonchev–Trinajstić information content (AvgIpc) is 3.12. The molecule has 1 aliphatic carbocycles. The van der Waals surface area contributed by atoms with Gasteiger partial charge in [0.2, 0.25) is 5.91 Å². The summed E-state index contributed by atoms with van der Waals surface area (Å²) in [5.41, 5.74) is 4.23. The lowest BCUT2D eigenvalue weighted by molar-refractivity contribution is -0.150. The summed E-state index contributed by atoms with van der Waals surface area (Å²) in [4.78, 5) is 37.8. The number of nitrogens with one attached hydrogen (secondary N) is 1. The summed E-state index contributed by atoms with van der Waals surface area (Å²) >= 11 is 0. The van der Waals surface area contributed by atoms with Gasteiger partial charge in [0, 0.05) is 25.4 Å². The summed E-state index contributed by atoms with van der Waals surface area (Å²) in [7, 11) is 0. The molecule has 2 aromatic carbocycles. The number of carbonyl (C=O) groups is 3. The second kappa shape index (κ2) is 10.8. The van der Waals surface area contributed by atoms with Crippen LogP contribution in [0.4, 0.5) is 13.6 Å². The van der Waals surface area contributed by atoms with Crippen molar-refractivity contribution in [3.05, 3.63) is 59.7 Å². The Morgan fingerprint density at radius 1 is 1.03 bits per heavy atom. The molecule has 2 aromatic rings. The minimum Gasteiger partial charge on any atom is -0.481 e. The Morgan fingerprint density at radius 3 is 2.20 bits per heavy atom. The van der Waals surface area contributed by atoms with E-state index in [0.717, 1.165) is 22.3 Å². The molecule has 0 bridgehead atoms. The van der Waals surface area contributed by atoms with Crippen LogP contribution in [0.3, 0.4) is 0 Å². The third-order valence-electron chi connectivity index (χ3n) is 6.20. The molecule has 0 aromatic heterocycles. The Hall–Kier alpha value is -3.53. The smallest absolute Gasteiger partial charge is 0.407 e. The lowest BCUT2D eigenvalue weighted by Crippen LogP contribution is -2.60. The van der Waals surface area contributed by atoms with E-state index >= 15 is 0 Å². The number of hydrogen-bond acceptors (Lipinski definition) is 5. The molecule has 1 fully saturated rings. The molecular formula is C25H26F2N2O6. The van der Waals surface area contributed by atoms with Gasteiger partial charge in [0.25, 0.3) is 6.43 Å². The second-order valence-electron chi connectivity index (χ2n) is 8.54. The molecule has 35 heavy (non-hydrogen) atoms. The SMILES string of the molecule is O=C(O)CCC(NC(=O)OCC1c2ccccc2-c2ccccc21)C(=O)N1CC(OCC(F)F)C1. The number of carboxylic acids is 1. The third-order valence-corrected chi connectivity index (χ3v) is 6.20. The fraction of sp³-hybridized carbons (Fsp3) is 0.400. The molecule has 2 N–H and O–H groups in total. The maximum Gasteiger partial charge on any atom is 0.407 e. The van der Waals surface area contributed by atoms with Crippen molar-refractivity contribution >= 4 is 18.0 Å². The summed E-state index contributed by atoms with van der Waals surface area (Å²) < 4.78 is 35.0. The van der Waals surface area contributed by atoms with Crippen LogP contribution in [0.5, 0.6) is 0 Å². The minimum absolute atomic E-state index is 0.0486. The van der Waals surface area contributed by atoms with E-state index in [-0.39, 0.29) is 38.5 Å². The first-order chi connectivity index (χ1) is 16.8. The van der Waals surface area contributed by atoms with Crippen molar-refractivity contribution in [1.82, 2.24) is 10.2 Å². The molecule has 4 rings (SSSR count). The molecule has 0 spiro atoms. The molecule has 10 heteroatoms. The number of benzene rings is 2. The van der Waals surface area contributed by atoms with Gasteiger partial charge in [-0.05, 0) is 28.7 Å². The Balaban J connectivity index is 1.35. The predicted molar refractivity (Wildman–Crippen MR) is 121 cm³/mol. The fourth-order valence-corrected chi connectivity index (χ4v) is 4.46. The van der Waals surface area contributed by atoms with Crippen LogP contribution in [0.1, 0.15) is 29.9 Å². The van der Waals surface area contributed by atoms with E-state index in [1.54, 1.807) is 0 Å². The molecule has 0 saturated carbocycles. The molecule has 0 radical (unpaired) electrons. The van der Waals surface area contributed by atoms with Crippen LogP contribution in [0.15, 0.2) is 48.5 Å². The molecule has 1 unspecified atom stereocenters. The summed E-state index contributed by atoms with van der Waals surface area (Å²) in [6.45, 7) is -0.469. The number of halogens is 2. The van der Waals surface area contributed by atoms with Gasteiger partial charge in [0.15, 0.2) is 0 Å². The fourth-order valence-electron chi connectivity index (χ4n) is 4.46. The average molecular weight is 488 g/mol. The number of aliphatic carboxylic acids is 1. The first kappa shape index (κ1) is 24.6. The predicted octanol–water partition coefficient (Wildman–Crippen LogP) is 3.25. The van der Waals surface area contributed by atoms with Gasteiger partial charge in [-0.1, -0.05) is 48.5 Å². The number of alkyl halides is 2. The van der Waals surface area contributed by atoms with Crippen LogP contribution >= 0.6 is 0 Å². The van der Waals surface area contributed by atoms with Gasteiger partial charge in [0.1, 0.15) is 19.3 Å². The van der Waals surface area contributed by atoms with Gasteiger partial charge in [0.05, 0.1) is 6.10 Å². The van der Waals surface area contributed by atoms with Gasteiger partial charge in [-0.25, -0.2) is 13.6 Å². The highest BCUT2D eigenvalue weighted by atomic mass is 19.3. The van der Waals surface area contributed by atoms with Gasteiger partial charge >= 0.3 is 12.1 Å². The molecule has 2 amide bonds. The van der Waals surface area contributed by atoms with Crippen molar-refractivity contribution in [2.24, 2.45) is 0 Å². The molecule has 8 nitrogen and oxygen atoms in total. The number of fused-ring (bicyclic) bond motifs is 3. The van der Waals surface area contributed by atoms with Crippen molar-refractivity contribution in [2.45, 2.75) is 37.3 Å². The number of nitrogens with zero attached hydrogens (tertiary/aromatic N) is 1. The van der Waals surface area contributed by atoms with E-state index in [2.05, 4.69) is 5.32 Å². The lowest BCUT2D eigenvalue weighted by atomic mass is 9.98. The Bertz CT molecular complexity index is 1040. The van der Waals surface area contributed by atoms with Crippen molar-refractivity contribution in [2.75, 3.05) is 26.3 Å². The van der Waals surface area contributed by atoms with Crippen LogP contribution < -0.4 is 5.32 Å². The number of alkyl carbamates (subject to hydrolysis) is 1. The minimum atomic E-state index is -2.60. The van der Waals surface area contributed by atoms with E-state index in [1.165, 1.54) is 4.90 Å². The lowest BCUT2D eigenvalue weighted by Gasteiger charge is -2.40. The second-order valence-corrected chi connectivity index (χ2v) is 8.54. The number of amides is 2. The zero-order valence-electron chi connectivity index (χ0n) is 18.9. The van der Waals surface area contributed by atoms with E-state index in [1.807, 2.05) is 48.5 Å². The van der Waals surface area contributed by atoms with E-state index in [4.69, 9.17) is 14.6 Å². The number of rotatable bonds is 10. The van der Waals surface area contributed by atoms with Crippen molar-refractivity contribution in [3.63, 3.8) is 0 Å². The molecule has 1 saturated heterocycles. The van der Waals surface area contributed by atoms with E-state index in [9.17, 15) is 23.2 Å². The van der Waals surface area contributed by atoms with Gasteiger partial charge in [-0.3, -0.25) is 9.59 Å². The standard InChI is InChI=1S/C25H26F2N2O6/c26-22(27)14-34-15-11-29(12-15)24(32)21(9-10-23(30)31)28-25(33)35-13-20-18-7-3-1-5-16(18)17-6-2-4-8-19(17)20/h1-8,15,20-22H,9-14H2,(H,28,33)(H,30,31). The number of carbonyl (C=O) groups excluding carboxylic acids is 2. The summed E-state index contributed by atoms with van der Waals surface area (Å²) in [5, 5.41) is 11.5. The van der Waals surface area contributed by atoms with Crippen molar-refractivity contribution in [3.8, 4) is 11.1 Å². The molecule has 2 aliphatic rings. The van der Waals surface area contributed by atoms with Crippen LogP contribution in [0.25, 0.3) is 11.1 Å². The first-order valence-corrected chi connectivity index (χ1v) is 11.3. The van der Waals surface area contributed by atoms with Crippen LogP contribution in [-0.4, -0.2) is 72.9 Å². The van der Waals surface area contributed by atoms with Crippen molar-refractivity contribution < 1.29 is 37.7 Å². The van der Waals surface area contributed by atoms with Gasteiger partial charge in [-0.2, -0.15) is 0 Å². The third kappa shape index (κ3) is 5.76. The maximum atomic E-state index is 12.8. The van der Waals surface area contributed by atoms with Crippen LogP contribution in [0.2, 0.25) is 0 Å². The summed E-state index contributed by atoms with van der Waals surface area (Å²) in [6, 6.07) is 14.6. The molecule has 1 heterocycles. The Morgan fingerprint density at radius 2 is 1.63 bits per heavy atom. The molecular weight excluding hydrogens is 462 g/mol. The monoisotopic (exact) mass is 488 g/mol. The quantitative estimate of drug-likeness (QED) is 0.532. The normalized spacial score (nSPS) is 15.8. The highest BCUT2D eigenvalue weighted by Gasteiger charge is 2.37. The van der Waals surface area contributed by atoms with E-state index < -0.39 is 43.1 Å². The van der Waals surface area contributed by atoms with Crippen LogP contribution in [0, 0.1) is 0 Å². The largest absolute Gasteiger partial charge is 0.481 e. The first-order valence-electron chi connectivity index (χ1n) is 11.3. The van der Waals surface area contributed by atoms with Crippen molar-refractivity contribution in [1.29, 1.82) is 0 Å². The summed E-state index contributed by atoms with van der Waals surface area (Å²) in [5.74, 6) is -1.78. The number of likely N-dealkylation sites (tertiary alicyclic amines) is 1. The molecule has 1 atom stereocenters. The summed E-state index contributed by atoms with van der Waals surface area (Å²) in [6.07, 6.45) is -4.40. The topological polar surface area (TPSA) is 105 Å². The number of carboxylic acid groups (broad SMARTS) is 1. The zero-order valence-corrected chi connectivity index (χ0v) is 18.9. The highest BCUT2D eigenvalue weighted by Crippen LogP contribution is 2.44.